The average Bonchev–Trinajstić information content (AvgIpc) is 2.92. The number of rotatable bonds is 2. The van der Waals surface area contributed by atoms with Crippen molar-refractivity contribution in [3.8, 4) is 5.75 Å². The Morgan fingerprint density at radius 2 is 1.88 bits per heavy atom. The lowest BCUT2D eigenvalue weighted by Crippen LogP contribution is -2.37. The van der Waals surface area contributed by atoms with Crippen molar-refractivity contribution in [1.29, 1.82) is 0 Å². The molecule has 3 heterocycles. The number of carbonyl (C=O) groups is 1. The summed E-state index contributed by atoms with van der Waals surface area (Å²) in [4.78, 5) is 26.8. The smallest absolute Gasteiger partial charge is 0.280 e. The Kier molecular flexibility index (Phi) is 3.57. The molecule has 1 aromatic carbocycles. The number of carbonyl (C=O) groups excluding carboxylic acids is 1. The van der Waals surface area contributed by atoms with Crippen molar-refractivity contribution in [2.45, 2.75) is 20.0 Å². The number of hydrogen-bond donors (Lipinski definition) is 1. The van der Waals surface area contributed by atoms with Gasteiger partial charge in [-0.2, -0.15) is 5.10 Å². The molecule has 1 aliphatic heterocycles. The predicted octanol–water partition coefficient (Wildman–Crippen LogP) is 1.49. The Bertz CT molecular complexity index is 1100. The van der Waals surface area contributed by atoms with Gasteiger partial charge in [0, 0.05) is 20.1 Å². The summed E-state index contributed by atoms with van der Waals surface area (Å²) in [7, 11) is 1.65. The molecule has 0 fully saturated rings. The second kappa shape index (κ2) is 5.69. The third-order valence-electron chi connectivity index (χ3n) is 4.75. The van der Waals surface area contributed by atoms with E-state index in [0.29, 0.717) is 29.9 Å². The number of nitrogens with zero attached hydrogens (tertiary/aromatic N) is 4. The second-order valence-corrected chi connectivity index (χ2v) is 6.47. The van der Waals surface area contributed by atoms with Gasteiger partial charge >= 0.3 is 0 Å². The largest absolute Gasteiger partial charge is 0.505 e. The minimum Gasteiger partial charge on any atom is -0.505 e. The summed E-state index contributed by atoms with van der Waals surface area (Å²) >= 11 is 0. The summed E-state index contributed by atoms with van der Waals surface area (Å²) in [5, 5.41) is 15.0. The van der Waals surface area contributed by atoms with E-state index in [1.165, 1.54) is 21.7 Å². The third kappa shape index (κ3) is 2.29. The maximum absolute atomic E-state index is 13.1. The van der Waals surface area contributed by atoms with E-state index in [1.54, 1.807) is 30.7 Å². The monoisotopic (exact) mass is 356 g/mol. The van der Waals surface area contributed by atoms with Crippen molar-refractivity contribution in [3.05, 3.63) is 57.4 Å². The molecule has 1 amide bonds. The highest BCUT2D eigenvalue weighted by atomic mass is 19.1. The first-order chi connectivity index (χ1) is 12.4. The number of likely N-dealkylation sites (N-methyl/N-ethyl adjacent to an activating group) is 1. The van der Waals surface area contributed by atoms with E-state index in [-0.39, 0.29) is 35.1 Å². The number of aryl methyl sites for hydroxylation is 1. The Balaban J connectivity index is 1.92. The molecule has 0 bridgehead atoms. The van der Waals surface area contributed by atoms with Gasteiger partial charge in [-0.05, 0) is 24.6 Å². The van der Waals surface area contributed by atoms with Gasteiger partial charge in [0.15, 0.2) is 11.4 Å². The van der Waals surface area contributed by atoms with Crippen LogP contribution in [0.4, 0.5) is 4.39 Å². The minimum atomic E-state index is -0.482. The summed E-state index contributed by atoms with van der Waals surface area (Å²) in [6.45, 7) is 2.86. The van der Waals surface area contributed by atoms with Gasteiger partial charge in [-0.15, -0.1) is 0 Å². The van der Waals surface area contributed by atoms with E-state index in [0.717, 1.165) is 0 Å². The van der Waals surface area contributed by atoms with Crippen LogP contribution < -0.4 is 5.56 Å². The van der Waals surface area contributed by atoms with Crippen LogP contribution in [0.15, 0.2) is 29.1 Å². The van der Waals surface area contributed by atoms with E-state index in [1.807, 2.05) is 0 Å². The van der Waals surface area contributed by atoms with Crippen LogP contribution in [0.3, 0.4) is 0 Å². The molecule has 134 valence electrons. The maximum Gasteiger partial charge on any atom is 0.280 e. The zero-order valence-electron chi connectivity index (χ0n) is 14.4. The first-order valence-electron chi connectivity index (χ1n) is 8.21. The molecular weight excluding hydrogens is 339 g/mol. The number of amides is 1. The minimum absolute atomic E-state index is 0.0956. The molecule has 0 atom stereocenters. The van der Waals surface area contributed by atoms with Crippen LogP contribution in [-0.2, 0) is 13.1 Å². The van der Waals surface area contributed by atoms with Crippen molar-refractivity contribution >= 4 is 16.8 Å². The first-order valence-corrected chi connectivity index (χ1v) is 8.21. The number of benzene rings is 1. The van der Waals surface area contributed by atoms with E-state index in [4.69, 9.17) is 0 Å². The lowest BCUT2D eigenvalue weighted by molar-refractivity contribution is 0.0747. The molecule has 0 radical (unpaired) electrons. The number of hydrogen-bond acceptors (Lipinski definition) is 4. The quantitative estimate of drug-likeness (QED) is 0.754. The van der Waals surface area contributed by atoms with Crippen LogP contribution in [0, 0.1) is 12.7 Å². The van der Waals surface area contributed by atoms with Gasteiger partial charge in [-0.25, -0.2) is 9.07 Å². The number of fused-ring (bicyclic) bond motifs is 3. The lowest BCUT2D eigenvalue weighted by atomic mass is 10.2. The molecule has 1 N–H and O–H groups in total. The van der Waals surface area contributed by atoms with Crippen LogP contribution in [0.5, 0.6) is 5.75 Å². The van der Waals surface area contributed by atoms with Crippen molar-refractivity contribution in [2.24, 2.45) is 0 Å². The zero-order chi connectivity index (χ0) is 18.6. The standard InChI is InChI=1S/C18H17FN4O3/c1-10-14-13(16(24)15-18(26)21(2)7-8-22(14)15)17(25)23(20-10)9-11-3-5-12(19)6-4-11/h3-6,24H,7-9H2,1-2H3. The fraction of sp³-hybridized carbons (Fsp3) is 0.278. The third-order valence-corrected chi connectivity index (χ3v) is 4.75. The van der Waals surface area contributed by atoms with Gasteiger partial charge in [0.1, 0.15) is 11.2 Å². The zero-order valence-corrected chi connectivity index (χ0v) is 14.4. The highest BCUT2D eigenvalue weighted by Gasteiger charge is 2.31. The summed E-state index contributed by atoms with van der Waals surface area (Å²) < 4.78 is 16.0. The molecule has 0 saturated carbocycles. The molecule has 7 nitrogen and oxygen atoms in total. The molecule has 1 aliphatic rings. The highest BCUT2D eigenvalue weighted by Crippen LogP contribution is 2.33. The van der Waals surface area contributed by atoms with Crippen LogP contribution >= 0.6 is 0 Å². The topological polar surface area (TPSA) is 80.4 Å². The Morgan fingerprint density at radius 1 is 1.19 bits per heavy atom. The van der Waals surface area contributed by atoms with Gasteiger partial charge in [-0.3, -0.25) is 9.59 Å². The summed E-state index contributed by atoms with van der Waals surface area (Å²) in [5.74, 6) is -0.991. The molecule has 0 aliphatic carbocycles. The lowest BCUT2D eigenvalue weighted by Gasteiger charge is -2.25. The van der Waals surface area contributed by atoms with Gasteiger partial charge in [0.05, 0.1) is 17.8 Å². The predicted molar refractivity (Wildman–Crippen MR) is 92.9 cm³/mol. The molecule has 0 saturated heterocycles. The van der Waals surface area contributed by atoms with Crippen molar-refractivity contribution in [1.82, 2.24) is 19.2 Å². The Labute approximate surface area is 147 Å². The van der Waals surface area contributed by atoms with Crippen molar-refractivity contribution < 1.29 is 14.3 Å². The fourth-order valence-electron chi connectivity index (χ4n) is 3.43. The first kappa shape index (κ1) is 16.3. The molecule has 4 rings (SSSR count). The molecular formula is C18H17FN4O3. The van der Waals surface area contributed by atoms with Crippen LogP contribution in [0.2, 0.25) is 0 Å². The second-order valence-electron chi connectivity index (χ2n) is 6.47. The maximum atomic E-state index is 13.1. The number of aromatic hydroxyl groups is 1. The molecule has 2 aromatic heterocycles. The normalized spacial score (nSPS) is 14.1. The van der Waals surface area contributed by atoms with Gasteiger partial charge in [0.2, 0.25) is 0 Å². The Morgan fingerprint density at radius 3 is 2.58 bits per heavy atom. The van der Waals surface area contributed by atoms with E-state index in [2.05, 4.69) is 5.10 Å². The van der Waals surface area contributed by atoms with Crippen LogP contribution in [0.25, 0.3) is 10.9 Å². The summed E-state index contributed by atoms with van der Waals surface area (Å²) in [5.41, 5.74) is 1.37. The van der Waals surface area contributed by atoms with Crippen molar-refractivity contribution in [3.63, 3.8) is 0 Å². The Hall–Kier alpha value is -3.16. The van der Waals surface area contributed by atoms with Gasteiger partial charge in [-0.1, -0.05) is 12.1 Å². The SMILES string of the molecule is Cc1nn(Cc2ccc(F)cc2)c(=O)c2c(O)c3n(c12)CCN(C)C3=O. The molecule has 0 unspecified atom stereocenters. The number of halogens is 1. The van der Waals surface area contributed by atoms with Crippen LogP contribution in [0.1, 0.15) is 21.7 Å². The molecule has 3 aromatic rings. The molecule has 26 heavy (non-hydrogen) atoms. The molecule has 8 heteroatoms. The van der Waals surface area contributed by atoms with Crippen molar-refractivity contribution in [2.75, 3.05) is 13.6 Å². The van der Waals surface area contributed by atoms with Gasteiger partial charge in [0.25, 0.3) is 11.5 Å². The fourth-order valence-corrected chi connectivity index (χ4v) is 3.43. The average molecular weight is 356 g/mol. The van der Waals surface area contributed by atoms with E-state index >= 15 is 0 Å². The van der Waals surface area contributed by atoms with Crippen LogP contribution in [-0.4, -0.2) is 43.9 Å². The van der Waals surface area contributed by atoms with E-state index in [9.17, 15) is 19.1 Å². The van der Waals surface area contributed by atoms with Gasteiger partial charge < -0.3 is 14.6 Å². The summed E-state index contributed by atoms with van der Waals surface area (Å²) in [6.07, 6.45) is 0. The summed E-state index contributed by atoms with van der Waals surface area (Å²) in [6, 6.07) is 5.78. The van der Waals surface area contributed by atoms with E-state index < -0.39 is 5.56 Å². The molecule has 0 spiro atoms. The number of aromatic nitrogens is 3. The highest BCUT2D eigenvalue weighted by molar-refractivity contribution is 6.04.